The van der Waals surface area contributed by atoms with Gasteiger partial charge in [-0.15, -0.1) is 5.10 Å². The predicted octanol–water partition coefficient (Wildman–Crippen LogP) is 1.26. The molecule has 0 spiro atoms. The van der Waals surface area contributed by atoms with Crippen molar-refractivity contribution in [2.75, 3.05) is 13.1 Å². The van der Waals surface area contributed by atoms with Gasteiger partial charge in [0, 0.05) is 19.1 Å². The van der Waals surface area contributed by atoms with Crippen molar-refractivity contribution in [1.29, 1.82) is 0 Å². The third kappa shape index (κ3) is 3.32. The molecule has 0 aromatic carbocycles. The van der Waals surface area contributed by atoms with Crippen molar-refractivity contribution in [3.63, 3.8) is 0 Å². The molecule has 0 bridgehead atoms. The fourth-order valence-electron chi connectivity index (χ4n) is 2.36. The lowest BCUT2D eigenvalue weighted by molar-refractivity contribution is -0.134. The third-order valence-corrected chi connectivity index (χ3v) is 3.67. The Kier molecular flexibility index (Phi) is 4.52. The Labute approximate surface area is 113 Å². The van der Waals surface area contributed by atoms with Crippen LogP contribution in [0, 0.1) is 0 Å². The molecule has 0 saturated carbocycles. The first-order valence-corrected chi connectivity index (χ1v) is 7.05. The van der Waals surface area contributed by atoms with Gasteiger partial charge in [0.2, 0.25) is 5.91 Å². The summed E-state index contributed by atoms with van der Waals surface area (Å²) in [5.41, 5.74) is 6.47. The predicted molar refractivity (Wildman–Crippen MR) is 72.4 cm³/mol. The highest BCUT2D eigenvalue weighted by atomic mass is 16.2. The Balaban J connectivity index is 2.04. The number of likely N-dealkylation sites (tertiary alicyclic amines) is 1. The van der Waals surface area contributed by atoms with Crippen LogP contribution in [-0.4, -0.2) is 38.9 Å². The van der Waals surface area contributed by atoms with Crippen LogP contribution in [0.1, 0.15) is 57.3 Å². The number of nitrogens with zero attached hydrogens (tertiary/aromatic N) is 4. The molecule has 1 aliphatic rings. The Morgan fingerprint density at radius 1 is 1.26 bits per heavy atom. The Morgan fingerprint density at radius 2 is 1.89 bits per heavy atom. The normalized spacial score (nSPS) is 19.8. The molecule has 1 fully saturated rings. The van der Waals surface area contributed by atoms with Crippen molar-refractivity contribution in [3.8, 4) is 0 Å². The van der Waals surface area contributed by atoms with E-state index in [-0.39, 0.29) is 18.0 Å². The maximum atomic E-state index is 12.4. The molecule has 2 rings (SSSR count). The van der Waals surface area contributed by atoms with E-state index in [0.29, 0.717) is 0 Å². The smallest absolute Gasteiger partial charge is 0.247 e. The summed E-state index contributed by atoms with van der Waals surface area (Å²) in [6, 6.07) is -0.465. The molecule has 2 atom stereocenters. The Morgan fingerprint density at radius 3 is 2.42 bits per heavy atom. The van der Waals surface area contributed by atoms with Gasteiger partial charge in [-0.25, -0.2) is 4.68 Å². The number of nitrogens with two attached hydrogens (primary N) is 1. The molecule has 1 saturated heterocycles. The summed E-state index contributed by atoms with van der Waals surface area (Å²) in [5, 5.41) is 8.02. The summed E-state index contributed by atoms with van der Waals surface area (Å²) in [7, 11) is 0. The van der Waals surface area contributed by atoms with E-state index in [9.17, 15) is 4.79 Å². The Bertz CT molecular complexity index is 420. The van der Waals surface area contributed by atoms with E-state index < -0.39 is 0 Å². The van der Waals surface area contributed by atoms with Gasteiger partial charge in [0.05, 0.1) is 11.9 Å². The molecule has 2 unspecified atom stereocenters. The van der Waals surface area contributed by atoms with Crippen LogP contribution in [0.5, 0.6) is 0 Å². The quantitative estimate of drug-likeness (QED) is 0.892. The molecule has 6 heteroatoms. The first kappa shape index (κ1) is 14.0. The first-order valence-electron chi connectivity index (χ1n) is 7.05. The van der Waals surface area contributed by atoms with Gasteiger partial charge in [-0.05, 0) is 26.7 Å². The molecule has 106 valence electrons. The number of aromatic nitrogens is 3. The zero-order valence-corrected chi connectivity index (χ0v) is 11.7. The zero-order chi connectivity index (χ0) is 13.8. The van der Waals surface area contributed by atoms with E-state index in [1.54, 1.807) is 10.9 Å². The fourth-order valence-corrected chi connectivity index (χ4v) is 2.36. The van der Waals surface area contributed by atoms with Crippen LogP contribution >= 0.6 is 0 Å². The van der Waals surface area contributed by atoms with Crippen molar-refractivity contribution in [2.45, 2.75) is 51.6 Å². The van der Waals surface area contributed by atoms with Crippen molar-refractivity contribution >= 4 is 5.91 Å². The highest BCUT2D eigenvalue weighted by Crippen LogP contribution is 2.16. The third-order valence-electron chi connectivity index (χ3n) is 3.67. The number of carbonyl (C=O) groups excluding carboxylic acids is 1. The topological polar surface area (TPSA) is 77.0 Å². The van der Waals surface area contributed by atoms with Crippen LogP contribution < -0.4 is 5.73 Å². The van der Waals surface area contributed by atoms with Crippen molar-refractivity contribution in [2.24, 2.45) is 5.73 Å². The molecule has 0 aliphatic carbocycles. The Hall–Kier alpha value is -1.43. The molecule has 1 aromatic heterocycles. The molecule has 2 N–H and O–H groups in total. The van der Waals surface area contributed by atoms with E-state index in [4.69, 9.17) is 5.73 Å². The highest BCUT2D eigenvalue weighted by molar-refractivity contribution is 5.80. The lowest BCUT2D eigenvalue weighted by atomic mass is 10.2. The van der Waals surface area contributed by atoms with E-state index in [1.807, 2.05) is 18.7 Å². The van der Waals surface area contributed by atoms with Crippen molar-refractivity contribution in [1.82, 2.24) is 19.9 Å². The van der Waals surface area contributed by atoms with Crippen molar-refractivity contribution < 1.29 is 4.79 Å². The second-order valence-corrected chi connectivity index (χ2v) is 5.33. The lowest BCUT2D eigenvalue weighted by Gasteiger charge is -2.23. The number of carbonyl (C=O) groups is 1. The summed E-state index contributed by atoms with van der Waals surface area (Å²) < 4.78 is 1.62. The first-order chi connectivity index (χ1) is 9.09. The van der Waals surface area contributed by atoms with Gasteiger partial charge in [0.1, 0.15) is 6.04 Å². The van der Waals surface area contributed by atoms with Crippen LogP contribution in [-0.2, 0) is 4.79 Å². The van der Waals surface area contributed by atoms with Gasteiger partial charge in [-0.2, -0.15) is 0 Å². The van der Waals surface area contributed by atoms with E-state index in [0.717, 1.165) is 31.6 Å². The van der Waals surface area contributed by atoms with Crippen LogP contribution in [0.15, 0.2) is 6.20 Å². The lowest BCUT2D eigenvalue weighted by Crippen LogP contribution is -2.37. The SMILES string of the molecule is CC(N)c1cn(C(C)C(=O)N2CCCCCC2)nn1. The molecule has 1 aliphatic heterocycles. The van der Waals surface area contributed by atoms with Gasteiger partial charge in [-0.3, -0.25) is 4.79 Å². The van der Waals surface area contributed by atoms with Crippen LogP contribution in [0.25, 0.3) is 0 Å². The average Bonchev–Trinajstić information content (AvgIpc) is 2.73. The second-order valence-electron chi connectivity index (χ2n) is 5.33. The molecular formula is C13H23N5O. The highest BCUT2D eigenvalue weighted by Gasteiger charge is 2.23. The molecule has 6 nitrogen and oxygen atoms in total. The minimum Gasteiger partial charge on any atom is -0.341 e. The molecule has 0 radical (unpaired) electrons. The molecule has 1 aromatic rings. The van der Waals surface area contributed by atoms with Gasteiger partial charge >= 0.3 is 0 Å². The van der Waals surface area contributed by atoms with Crippen LogP contribution in [0.4, 0.5) is 0 Å². The number of hydrogen-bond acceptors (Lipinski definition) is 4. The number of hydrogen-bond donors (Lipinski definition) is 1. The van der Waals surface area contributed by atoms with Gasteiger partial charge in [0.15, 0.2) is 0 Å². The maximum Gasteiger partial charge on any atom is 0.247 e. The van der Waals surface area contributed by atoms with E-state index in [1.165, 1.54) is 12.8 Å². The van der Waals surface area contributed by atoms with Crippen LogP contribution in [0.2, 0.25) is 0 Å². The second kappa shape index (κ2) is 6.14. The number of rotatable bonds is 3. The standard InChI is InChI=1S/C13H23N5O/c1-10(14)12-9-18(16-15-12)11(2)13(19)17-7-5-3-4-6-8-17/h9-11H,3-8,14H2,1-2H3. The summed E-state index contributed by atoms with van der Waals surface area (Å²) in [6.45, 7) is 5.44. The molecule has 1 amide bonds. The summed E-state index contributed by atoms with van der Waals surface area (Å²) in [4.78, 5) is 14.4. The molecule has 19 heavy (non-hydrogen) atoms. The van der Waals surface area contributed by atoms with E-state index in [2.05, 4.69) is 10.3 Å². The summed E-state index contributed by atoms with van der Waals surface area (Å²) in [6.07, 6.45) is 6.40. The van der Waals surface area contributed by atoms with Crippen molar-refractivity contribution in [3.05, 3.63) is 11.9 Å². The fraction of sp³-hybridized carbons (Fsp3) is 0.769. The summed E-state index contributed by atoms with van der Waals surface area (Å²) >= 11 is 0. The molecular weight excluding hydrogens is 242 g/mol. The summed E-state index contributed by atoms with van der Waals surface area (Å²) in [5.74, 6) is 0.128. The maximum absolute atomic E-state index is 12.4. The van der Waals surface area contributed by atoms with Gasteiger partial charge in [-0.1, -0.05) is 18.1 Å². The van der Waals surface area contributed by atoms with Gasteiger partial charge < -0.3 is 10.6 Å². The minimum atomic E-state index is -0.307. The largest absolute Gasteiger partial charge is 0.341 e. The average molecular weight is 265 g/mol. The number of amides is 1. The monoisotopic (exact) mass is 265 g/mol. The van der Waals surface area contributed by atoms with E-state index >= 15 is 0 Å². The zero-order valence-electron chi connectivity index (χ0n) is 11.7. The minimum absolute atomic E-state index is 0.128. The van der Waals surface area contributed by atoms with Gasteiger partial charge in [0.25, 0.3) is 0 Å². The van der Waals surface area contributed by atoms with Crippen LogP contribution in [0.3, 0.4) is 0 Å². The molecule has 2 heterocycles.